The van der Waals surface area contributed by atoms with Gasteiger partial charge in [-0.1, -0.05) is 30.3 Å². The highest BCUT2D eigenvalue weighted by molar-refractivity contribution is 8.32. The monoisotopic (exact) mass is 629 g/mol. The number of alkyl halides is 1. The second-order valence-corrected chi connectivity index (χ2v) is 17.9. The van der Waals surface area contributed by atoms with E-state index < -0.39 is 33.7 Å². The molecule has 0 bridgehead atoms. The van der Waals surface area contributed by atoms with E-state index in [-0.39, 0.29) is 17.7 Å². The number of aromatic nitrogens is 1. The smallest absolute Gasteiger partial charge is 0.338 e. The van der Waals surface area contributed by atoms with Gasteiger partial charge in [0, 0.05) is 31.7 Å². The fourth-order valence-corrected chi connectivity index (χ4v) is 6.23. The van der Waals surface area contributed by atoms with Crippen molar-refractivity contribution in [2.75, 3.05) is 51.1 Å². The van der Waals surface area contributed by atoms with E-state index in [2.05, 4.69) is 29.4 Å². The van der Waals surface area contributed by atoms with E-state index in [1.54, 1.807) is 31.1 Å². The number of hydrogen-bond acceptors (Lipinski definition) is 5. The Morgan fingerprint density at radius 1 is 1.02 bits per heavy atom. The lowest BCUT2D eigenvalue weighted by molar-refractivity contribution is -0.145. The third kappa shape index (κ3) is 7.39. The number of amides is 2. The minimum Gasteiger partial charge on any atom is -0.456 e. The van der Waals surface area contributed by atoms with Gasteiger partial charge in [0.1, 0.15) is 24.3 Å². The maximum absolute atomic E-state index is 13.6. The Hall–Kier alpha value is -3.01. The number of carbonyl (C=O) groups excluding carboxylic acids is 3. The number of carbonyl (C=O) groups is 3. The summed E-state index contributed by atoms with van der Waals surface area (Å²) in [6.45, 7) is 6.38. The van der Waals surface area contributed by atoms with Crippen molar-refractivity contribution < 1.29 is 23.9 Å². The number of hydrogen-bond donors (Lipinski definition) is 0. The standard InChI is InChI=1S/C33H44ClN3O5S/c1-33(2,3)42-32(40)23-15-13-22(14-16-23)29-30-25(19-27(31(39)35(4)5)37(29)28(38)20-34)24-11-9-10-12-26(24)36(30)21-41-17-18-43(6,7)8/h9-16,27,29H,17-21H2,1-8H3/t27-,29+/m1/s1. The molecule has 8 nitrogen and oxygen atoms in total. The molecule has 0 spiro atoms. The van der Waals surface area contributed by atoms with Gasteiger partial charge in [0.25, 0.3) is 0 Å². The summed E-state index contributed by atoms with van der Waals surface area (Å²) in [6, 6.07) is 13.8. The van der Waals surface area contributed by atoms with Gasteiger partial charge < -0.3 is 23.8 Å². The minimum atomic E-state index is -0.756. The Labute approximate surface area is 261 Å². The highest BCUT2D eigenvalue weighted by Gasteiger charge is 2.45. The van der Waals surface area contributed by atoms with Crippen molar-refractivity contribution in [3.05, 3.63) is 70.9 Å². The molecule has 2 atom stereocenters. The predicted molar refractivity (Wildman–Crippen MR) is 175 cm³/mol. The van der Waals surface area contributed by atoms with E-state index in [9.17, 15) is 14.4 Å². The SMILES string of the molecule is CN(C)C(=O)[C@H]1Cc2c(n(COCCS(C)(C)C)c3ccccc23)[C@H](c2ccc(C(=O)OC(C)(C)C)cc2)N1C(=O)CCl. The number of para-hydroxylation sites is 1. The van der Waals surface area contributed by atoms with Crippen LogP contribution in [-0.4, -0.2) is 94.9 Å². The highest BCUT2D eigenvalue weighted by atomic mass is 35.5. The van der Waals surface area contributed by atoms with E-state index in [4.69, 9.17) is 21.1 Å². The van der Waals surface area contributed by atoms with Crippen LogP contribution in [0.15, 0.2) is 48.5 Å². The third-order valence-corrected chi connectivity index (χ3v) is 9.06. The number of halogens is 1. The Bertz CT molecular complexity index is 1490. The molecule has 4 rings (SSSR count). The fraction of sp³-hybridized carbons (Fsp3) is 0.485. The lowest BCUT2D eigenvalue weighted by atomic mass is 9.87. The molecule has 234 valence electrons. The van der Waals surface area contributed by atoms with Gasteiger partial charge in [-0.05, 0) is 68.9 Å². The van der Waals surface area contributed by atoms with E-state index in [0.717, 1.165) is 33.5 Å². The number of esters is 1. The first-order valence-corrected chi connectivity index (χ1v) is 17.9. The van der Waals surface area contributed by atoms with E-state index in [1.807, 2.05) is 51.1 Å². The molecule has 0 fully saturated rings. The molecular weight excluding hydrogens is 586 g/mol. The van der Waals surface area contributed by atoms with Crippen molar-refractivity contribution in [3.8, 4) is 0 Å². The van der Waals surface area contributed by atoms with E-state index in [0.29, 0.717) is 25.3 Å². The molecule has 2 amide bonds. The summed E-state index contributed by atoms with van der Waals surface area (Å²) in [4.78, 5) is 43.2. The molecule has 0 saturated heterocycles. The molecular formula is C33H44ClN3O5S. The molecule has 1 aliphatic rings. The first-order valence-electron chi connectivity index (χ1n) is 14.4. The molecule has 43 heavy (non-hydrogen) atoms. The van der Waals surface area contributed by atoms with Crippen LogP contribution in [-0.2, 0) is 32.2 Å². The van der Waals surface area contributed by atoms with Crippen LogP contribution in [0.5, 0.6) is 0 Å². The molecule has 0 N–H and O–H groups in total. The van der Waals surface area contributed by atoms with Gasteiger partial charge in [-0.15, -0.1) is 11.6 Å². The first-order chi connectivity index (χ1) is 20.1. The van der Waals surface area contributed by atoms with Crippen LogP contribution in [0, 0.1) is 0 Å². The maximum Gasteiger partial charge on any atom is 0.338 e. The Morgan fingerprint density at radius 3 is 2.26 bits per heavy atom. The summed E-state index contributed by atoms with van der Waals surface area (Å²) >= 11 is 6.20. The number of rotatable bonds is 9. The van der Waals surface area contributed by atoms with Crippen molar-refractivity contribution in [3.63, 3.8) is 0 Å². The molecule has 10 heteroatoms. The molecule has 1 aromatic heterocycles. The second-order valence-electron chi connectivity index (χ2n) is 13.1. The molecule has 0 unspecified atom stereocenters. The molecule has 0 aliphatic carbocycles. The second kappa shape index (κ2) is 12.9. The average Bonchev–Trinajstić information content (AvgIpc) is 3.25. The van der Waals surface area contributed by atoms with Gasteiger partial charge >= 0.3 is 5.97 Å². The molecule has 1 aliphatic heterocycles. The van der Waals surface area contributed by atoms with Crippen LogP contribution < -0.4 is 0 Å². The van der Waals surface area contributed by atoms with Gasteiger partial charge in [-0.25, -0.2) is 14.8 Å². The summed E-state index contributed by atoms with van der Waals surface area (Å²) in [5.74, 6) is -0.255. The zero-order valence-electron chi connectivity index (χ0n) is 26.5. The summed E-state index contributed by atoms with van der Waals surface area (Å²) in [6.07, 6.45) is 7.13. The number of benzene rings is 2. The van der Waals surface area contributed by atoms with Gasteiger partial charge in [0.05, 0.1) is 29.4 Å². The summed E-state index contributed by atoms with van der Waals surface area (Å²) < 4.78 is 14.0. The number of fused-ring (bicyclic) bond motifs is 3. The lowest BCUT2D eigenvalue weighted by Crippen LogP contribution is -2.55. The normalized spacial score (nSPS) is 17.5. The average molecular weight is 630 g/mol. The maximum atomic E-state index is 13.6. The first kappa shape index (κ1) is 32.9. The van der Waals surface area contributed by atoms with Crippen molar-refractivity contribution in [2.45, 2.75) is 51.6 Å². The van der Waals surface area contributed by atoms with Crippen LogP contribution in [0.1, 0.15) is 54.0 Å². The van der Waals surface area contributed by atoms with Crippen LogP contribution >= 0.6 is 21.6 Å². The van der Waals surface area contributed by atoms with Crippen LogP contribution in [0.25, 0.3) is 10.9 Å². The van der Waals surface area contributed by atoms with Gasteiger partial charge in [-0.2, -0.15) is 0 Å². The molecule has 2 heterocycles. The summed E-state index contributed by atoms with van der Waals surface area (Å²) in [7, 11) is 2.66. The molecule has 0 radical (unpaired) electrons. The molecule has 3 aromatic rings. The molecule has 0 saturated carbocycles. The van der Waals surface area contributed by atoms with Gasteiger partial charge in [0.2, 0.25) is 11.8 Å². The largest absolute Gasteiger partial charge is 0.456 e. The number of nitrogens with zero attached hydrogens (tertiary/aromatic N) is 3. The Balaban J connectivity index is 1.90. The molecule has 2 aromatic carbocycles. The van der Waals surface area contributed by atoms with Crippen LogP contribution in [0.3, 0.4) is 0 Å². The number of likely N-dealkylation sites (N-methyl/N-ethyl adjacent to an activating group) is 1. The van der Waals surface area contributed by atoms with Gasteiger partial charge in [0.15, 0.2) is 0 Å². The van der Waals surface area contributed by atoms with Crippen molar-refractivity contribution in [1.29, 1.82) is 0 Å². The van der Waals surface area contributed by atoms with Crippen molar-refractivity contribution >= 4 is 50.3 Å². The van der Waals surface area contributed by atoms with Crippen molar-refractivity contribution in [2.24, 2.45) is 0 Å². The summed E-state index contributed by atoms with van der Waals surface area (Å²) in [5.41, 5.74) is 3.39. The predicted octanol–water partition coefficient (Wildman–Crippen LogP) is 5.43. The minimum absolute atomic E-state index is 0.180. The van der Waals surface area contributed by atoms with Gasteiger partial charge in [-0.3, -0.25) is 9.59 Å². The van der Waals surface area contributed by atoms with Crippen LogP contribution in [0.2, 0.25) is 0 Å². The Kier molecular flexibility index (Phi) is 9.89. The zero-order chi connectivity index (χ0) is 31.7. The topological polar surface area (TPSA) is 81.1 Å². The van der Waals surface area contributed by atoms with Crippen LogP contribution in [0.4, 0.5) is 0 Å². The Morgan fingerprint density at radius 2 is 1.67 bits per heavy atom. The summed E-state index contributed by atoms with van der Waals surface area (Å²) in [5, 5.41) is 1.02. The van der Waals surface area contributed by atoms with E-state index in [1.165, 1.54) is 4.90 Å². The fourth-order valence-electron chi connectivity index (χ4n) is 5.48. The van der Waals surface area contributed by atoms with E-state index >= 15 is 0 Å². The van der Waals surface area contributed by atoms with Crippen molar-refractivity contribution in [1.82, 2.24) is 14.4 Å². The quantitative estimate of drug-likeness (QED) is 0.179. The third-order valence-electron chi connectivity index (χ3n) is 7.44. The lowest BCUT2D eigenvalue weighted by Gasteiger charge is -2.43. The zero-order valence-corrected chi connectivity index (χ0v) is 28.1. The number of ether oxygens (including phenoxy) is 2. The highest BCUT2D eigenvalue weighted by Crippen LogP contribution is 2.43.